The molecule has 270 valence electrons. The number of likely N-dealkylation sites (tertiary alicyclic amines) is 2. The number of hydrogen-bond donors (Lipinski definition) is 3. The molecule has 12 nitrogen and oxygen atoms in total. The molecular weight excluding hydrogens is 689 g/mol. The SMILES string of the molecule is O=C(NC1CCCCC1)C(=O)N1CC2CN(C(=O)c3ccc(Nc4nc(NC5(c6ccc(Cl)cc6)CC5)nc(OCC(F)(F)F)n4)cc3)CC2C1. The zero-order chi connectivity index (χ0) is 35.8. The van der Waals surface area contributed by atoms with Crippen LogP contribution in [-0.4, -0.2) is 87.5 Å². The third kappa shape index (κ3) is 8.29. The minimum atomic E-state index is -4.59. The maximum absolute atomic E-state index is 13.4. The Balaban J connectivity index is 0.968. The Kier molecular flexibility index (Phi) is 9.66. The van der Waals surface area contributed by atoms with Gasteiger partial charge >= 0.3 is 24.0 Å². The summed E-state index contributed by atoms with van der Waals surface area (Å²) in [4.78, 5) is 54.8. The van der Waals surface area contributed by atoms with Crippen molar-refractivity contribution >= 4 is 46.9 Å². The van der Waals surface area contributed by atoms with Crippen LogP contribution in [0.1, 0.15) is 60.9 Å². The third-order valence-electron chi connectivity index (χ3n) is 10.1. The lowest BCUT2D eigenvalue weighted by Crippen LogP contribution is -2.47. The zero-order valence-electron chi connectivity index (χ0n) is 27.7. The monoisotopic (exact) mass is 726 g/mol. The van der Waals surface area contributed by atoms with Gasteiger partial charge in [-0.15, -0.1) is 0 Å². The van der Waals surface area contributed by atoms with E-state index in [1.807, 2.05) is 12.1 Å². The van der Waals surface area contributed by atoms with Gasteiger partial charge < -0.3 is 30.5 Å². The van der Waals surface area contributed by atoms with Crippen LogP contribution in [0, 0.1) is 11.8 Å². The van der Waals surface area contributed by atoms with Gasteiger partial charge in [0.25, 0.3) is 5.91 Å². The van der Waals surface area contributed by atoms with Crippen LogP contribution in [-0.2, 0) is 15.1 Å². The van der Waals surface area contributed by atoms with Crippen LogP contribution >= 0.6 is 11.6 Å². The number of amides is 3. The smallest absolute Gasteiger partial charge is 0.422 e. The fourth-order valence-corrected chi connectivity index (χ4v) is 7.37. The summed E-state index contributed by atoms with van der Waals surface area (Å²) in [6.07, 6.45) is 2.01. The van der Waals surface area contributed by atoms with Gasteiger partial charge in [-0.25, -0.2) is 0 Å². The second kappa shape index (κ2) is 14.2. The molecule has 2 aliphatic heterocycles. The predicted molar refractivity (Wildman–Crippen MR) is 182 cm³/mol. The number of carbonyl (C=O) groups is 3. The second-order valence-corrected chi connectivity index (χ2v) is 14.3. The van der Waals surface area contributed by atoms with Crippen molar-refractivity contribution < 1.29 is 32.3 Å². The van der Waals surface area contributed by atoms with E-state index in [9.17, 15) is 27.6 Å². The Bertz CT molecular complexity index is 1750. The molecule has 0 bridgehead atoms. The number of aromatic nitrogens is 3. The minimum Gasteiger partial charge on any atom is -0.454 e. The van der Waals surface area contributed by atoms with Gasteiger partial charge in [0.05, 0.1) is 5.54 Å². The largest absolute Gasteiger partial charge is 0.454 e. The average Bonchev–Trinajstić information content (AvgIpc) is 3.60. The number of halogens is 4. The molecule has 2 atom stereocenters. The Labute approximate surface area is 297 Å². The number of carbonyl (C=O) groups excluding carboxylic acids is 3. The first-order chi connectivity index (χ1) is 24.4. The highest BCUT2D eigenvalue weighted by Gasteiger charge is 2.46. The van der Waals surface area contributed by atoms with Crippen LogP contribution in [0.15, 0.2) is 48.5 Å². The summed E-state index contributed by atoms with van der Waals surface area (Å²) in [7, 11) is 0. The molecule has 2 aliphatic carbocycles. The molecule has 1 aromatic heterocycles. The molecule has 4 aliphatic rings. The van der Waals surface area contributed by atoms with Gasteiger partial charge in [0.1, 0.15) is 0 Å². The van der Waals surface area contributed by atoms with E-state index in [-0.39, 0.29) is 35.7 Å². The number of rotatable bonds is 9. The summed E-state index contributed by atoms with van der Waals surface area (Å²) in [5.41, 5.74) is 1.37. The van der Waals surface area contributed by atoms with Gasteiger partial charge in [0.15, 0.2) is 6.61 Å². The number of anilines is 3. The van der Waals surface area contributed by atoms with E-state index in [2.05, 4.69) is 30.9 Å². The van der Waals surface area contributed by atoms with E-state index in [1.54, 1.807) is 46.2 Å². The van der Waals surface area contributed by atoms with Gasteiger partial charge in [-0.3, -0.25) is 14.4 Å². The molecule has 3 heterocycles. The number of fused-ring (bicyclic) bond motifs is 1. The summed E-state index contributed by atoms with van der Waals surface area (Å²) in [5, 5.41) is 9.69. The van der Waals surface area contributed by atoms with Crippen molar-refractivity contribution in [1.29, 1.82) is 0 Å². The quantitative estimate of drug-likeness (QED) is 0.251. The molecule has 0 radical (unpaired) electrons. The summed E-state index contributed by atoms with van der Waals surface area (Å²) in [6.45, 7) is 0.267. The van der Waals surface area contributed by atoms with Crippen molar-refractivity contribution in [2.75, 3.05) is 43.4 Å². The fourth-order valence-electron chi connectivity index (χ4n) is 7.24. The standard InChI is InChI=1S/C35H38ClF3N8O4/c36-25-10-8-24(9-11-25)34(14-15-34)45-32-42-31(43-33(44-32)51-20-35(37,38)39)41-27-12-6-21(7-13-27)29(49)46-16-22-18-47(19-23(22)17-46)30(50)28(48)40-26-4-2-1-3-5-26/h6-13,22-23,26H,1-5,14-20H2,(H,40,48)(H2,41,42,43,44,45). The van der Waals surface area contributed by atoms with E-state index in [0.29, 0.717) is 42.5 Å². The summed E-state index contributed by atoms with van der Waals surface area (Å²) >= 11 is 6.04. The number of nitrogens with one attached hydrogen (secondary N) is 3. The predicted octanol–water partition coefficient (Wildman–Crippen LogP) is 5.29. The second-order valence-electron chi connectivity index (χ2n) is 13.8. The molecule has 0 spiro atoms. The van der Waals surface area contributed by atoms with Crippen molar-refractivity contribution in [2.24, 2.45) is 11.8 Å². The molecule has 51 heavy (non-hydrogen) atoms. The highest BCUT2D eigenvalue weighted by atomic mass is 35.5. The van der Waals surface area contributed by atoms with E-state index < -0.39 is 36.1 Å². The van der Waals surface area contributed by atoms with E-state index >= 15 is 0 Å². The summed E-state index contributed by atoms with van der Waals surface area (Å²) in [5.74, 6) is -1.02. The number of nitrogens with zero attached hydrogens (tertiary/aromatic N) is 5. The van der Waals surface area contributed by atoms with E-state index in [1.165, 1.54) is 0 Å². The summed E-state index contributed by atoms with van der Waals surface area (Å²) < 4.78 is 43.7. The first-order valence-corrected chi connectivity index (χ1v) is 17.6. The molecule has 2 aromatic carbocycles. The topological polar surface area (TPSA) is 142 Å². The van der Waals surface area contributed by atoms with Gasteiger partial charge in [0, 0.05) is 60.3 Å². The van der Waals surface area contributed by atoms with Crippen LogP contribution in [0.4, 0.5) is 30.8 Å². The molecule has 2 saturated carbocycles. The van der Waals surface area contributed by atoms with Gasteiger partial charge in [0.2, 0.25) is 11.9 Å². The lowest BCUT2D eigenvalue weighted by molar-refractivity contribution is -0.154. The summed E-state index contributed by atoms with van der Waals surface area (Å²) in [6, 6.07) is 13.4. The number of alkyl halides is 3. The van der Waals surface area contributed by atoms with Crippen LogP contribution in [0.2, 0.25) is 5.02 Å². The Morgan fingerprint density at radius 1 is 0.843 bits per heavy atom. The Morgan fingerprint density at radius 3 is 2.10 bits per heavy atom. The molecule has 16 heteroatoms. The first-order valence-electron chi connectivity index (χ1n) is 17.2. The normalized spacial score (nSPS) is 21.2. The molecular formula is C35H38ClF3N8O4. The molecule has 3 N–H and O–H groups in total. The van der Waals surface area contributed by atoms with Crippen LogP contribution in [0.3, 0.4) is 0 Å². The van der Waals surface area contributed by atoms with Crippen molar-refractivity contribution in [3.05, 3.63) is 64.7 Å². The maximum Gasteiger partial charge on any atom is 0.422 e. The van der Waals surface area contributed by atoms with Crippen LogP contribution < -0.4 is 20.7 Å². The Morgan fingerprint density at radius 2 is 1.47 bits per heavy atom. The van der Waals surface area contributed by atoms with Crippen LogP contribution in [0.5, 0.6) is 6.01 Å². The highest BCUT2D eigenvalue weighted by molar-refractivity contribution is 6.35. The van der Waals surface area contributed by atoms with Crippen molar-refractivity contribution in [3.8, 4) is 6.01 Å². The average molecular weight is 727 g/mol. The molecule has 2 unspecified atom stereocenters. The molecule has 7 rings (SSSR count). The van der Waals surface area contributed by atoms with E-state index in [4.69, 9.17) is 16.3 Å². The van der Waals surface area contributed by atoms with Gasteiger partial charge in [-0.2, -0.15) is 28.1 Å². The maximum atomic E-state index is 13.4. The minimum absolute atomic E-state index is 0.0358. The lowest BCUT2D eigenvalue weighted by atomic mass is 9.95. The van der Waals surface area contributed by atoms with Crippen LogP contribution in [0.25, 0.3) is 0 Å². The molecule has 2 saturated heterocycles. The third-order valence-corrected chi connectivity index (χ3v) is 10.3. The van der Waals surface area contributed by atoms with E-state index in [0.717, 1.165) is 50.5 Å². The highest BCUT2D eigenvalue weighted by Crippen LogP contribution is 2.48. The number of benzene rings is 2. The number of hydrogen-bond acceptors (Lipinski definition) is 9. The molecule has 3 amide bonds. The van der Waals surface area contributed by atoms with Gasteiger partial charge in [-0.1, -0.05) is 43.0 Å². The van der Waals surface area contributed by atoms with Crippen molar-refractivity contribution in [2.45, 2.75) is 62.7 Å². The number of ether oxygens (including phenoxy) is 1. The van der Waals surface area contributed by atoms with Gasteiger partial charge in [-0.05, 0) is 67.6 Å². The zero-order valence-corrected chi connectivity index (χ0v) is 28.5. The van der Waals surface area contributed by atoms with Crippen molar-refractivity contribution in [1.82, 2.24) is 30.1 Å². The molecule has 4 fully saturated rings. The lowest BCUT2D eigenvalue weighted by Gasteiger charge is -2.25. The fraction of sp³-hybridized carbons (Fsp3) is 0.486. The Hall–Kier alpha value is -4.66. The molecule has 3 aromatic rings. The first kappa shape index (κ1) is 34.8. The van der Waals surface area contributed by atoms with Crippen molar-refractivity contribution in [3.63, 3.8) is 0 Å².